The molecule has 1 aromatic heterocycles. The van der Waals surface area contributed by atoms with Crippen molar-refractivity contribution in [3.63, 3.8) is 0 Å². The molecule has 0 aliphatic carbocycles. The highest BCUT2D eigenvalue weighted by molar-refractivity contribution is 6.18. The van der Waals surface area contributed by atoms with Crippen LogP contribution in [-0.4, -0.2) is 20.7 Å². The molecular weight excluding hydrogens is 438 g/mol. The summed E-state index contributed by atoms with van der Waals surface area (Å²) in [6.07, 6.45) is 0.794. The Kier molecular flexibility index (Phi) is 4.85. The molecule has 1 aliphatic heterocycles. The van der Waals surface area contributed by atoms with E-state index in [-0.39, 0.29) is 0 Å². The summed E-state index contributed by atoms with van der Waals surface area (Å²) in [6, 6.07) is 47.0. The summed E-state index contributed by atoms with van der Waals surface area (Å²) in [5, 5.41) is 7.63. The van der Waals surface area contributed by atoms with Crippen molar-refractivity contribution in [3.8, 4) is 5.69 Å². The number of para-hydroxylation sites is 2. The Bertz CT molecular complexity index is 1720. The number of hydrogen-bond acceptors (Lipinski definition) is 1. The predicted octanol–water partition coefficient (Wildman–Crippen LogP) is 7.73. The van der Waals surface area contributed by atoms with Crippen LogP contribution in [-0.2, 0) is 0 Å². The first-order chi connectivity index (χ1) is 17.9. The smallest absolute Gasteiger partial charge is 0.238 e. The average molecular weight is 463 g/mol. The van der Waals surface area contributed by atoms with E-state index in [1.807, 2.05) is 6.07 Å². The van der Waals surface area contributed by atoms with Crippen molar-refractivity contribution in [1.29, 1.82) is 0 Å². The van der Waals surface area contributed by atoms with E-state index < -0.39 is 0 Å². The van der Waals surface area contributed by atoms with Gasteiger partial charge in [-0.1, -0.05) is 84.9 Å². The summed E-state index contributed by atoms with van der Waals surface area (Å²) >= 11 is 0. The van der Waals surface area contributed by atoms with Gasteiger partial charge in [-0.25, -0.2) is 0 Å². The van der Waals surface area contributed by atoms with Gasteiger partial charge >= 0.3 is 0 Å². The molecule has 0 amide bonds. The fourth-order valence-corrected chi connectivity index (χ4v) is 5.25. The lowest BCUT2D eigenvalue weighted by molar-refractivity contribution is -0.441. The van der Waals surface area contributed by atoms with E-state index in [4.69, 9.17) is 5.10 Å². The Labute approximate surface area is 209 Å². The van der Waals surface area contributed by atoms with Crippen LogP contribution in [0.2, 0.25) is 0 Å². The molecule has 0 unspecified atom stereocenters. The summed E-state index contributed by atoms with van der Waals surface area (Å²) < 4.78 is 4.45. The fourth-order valence-electron chi connectivity index (χ4n) is 5.25. The van der Waals surface area contributed by atoms with Crippen molar-refractivity contribution < 1.29 is 4.68 Å². The molecule has 36 heavy (non-hydrogen) atoms. The van der Waals surface area contributed by atoms with Crippen molar-refractivity contribution in [2.24, 2.45) is 5.10 Å². The summed E-state index contributed by atoms with van der Waals surface area (Å²) in [4.78, 5) is 0. The molecule has 0 bridgehead atoms. The van der Waals surface area contributed by atoms with Gasteiger partial charge in [0.15, 0.2) is 0 Å². The number of hydrazone groups is 1. The van der Waals surface area contributed by atoms with Gasteiger partial charge in [-0.3, -0.25) is 0 Å². The van der Waals surface area contributed by atoms with Gasteiger partial charge in [-0.2, -0.15) is 0 Å². The van der Waals surface area contributed by atoms with Crippen molar-refractivity contribution in [3.05, 3.63) is 145 Å². The first-order valence-electron chi connectivity index (χ1n) is 12.3. The molecule has 0 fully saturated rings. The molecular formula is C33H24N3+. The van der Waals surface area contributed by atoms with Crippen LogP contribution in [0.1, 0.15) is 17.5 Å². The topological polar surface area (TPSA) is 20.3 Å². The molecule has 170 valence electrons. The largest absolute Gasteiger partial charge is 0.309 e. The van der Waals surface area contributed by atoms with Crippen LogP contribution in [0.15, 0.2) is 139 Å². The first-order valence-corrected chi connectivity index (χ1v) is 12.3. The molecule has 3 heteroatoms. The Morgan fingerprint density at radius 2 is 1.06 bits per heavy atom. The lowest BCUT2D eigenvalue weighted by atomic mass is 10.0. The summed E-state index contributed by atoms with van der Waals surface area (Å²) in [5.41, 5.74) is 9.27. The van der Waals surface area contributed by atoms with Crippen molar-refractivity contribution in [1.82, 2.24) is 4.57 Å². The molecule has 0 spiro atoms. The molecule has 0 atom stereocenters. The Hall–Kier alpha value is -4.76. The van der Waals surface area contributed by atoms with E-state index in [0.717, 1.165) is 29.1 Å². The van der Waals surface area contributed by atoms with E-state index >= 15 is 0 Å². The molecule has 2 heterocycles. The Balaban J connectivity index is 1.36. The van der Waals surface area contributed by atoms with Crippen LogP contribution in [0, 0.1) is 0 Å². The zero-order chi connectivity index (χ0) is 23.9. The summed E-state index contributed by atoms with van der Waals surface area (Å²) in [7, 11) is 0. The second-order valence-electron chi connectivity index (χ2n) is 9.10. The zero-order valence-corrected chi connectivity index (χ0v) is 19.8. The van der Waals surface area contributed by atoms with Crippen LogP contribution in [0.3, 0.4) is 0 Å². The predicted molar refractivity (Wildman–Crippen MR) is 149 cm³/mol. The molecule has 5 aromatic carbocycles. The third-order valence-electron chi connectivity index (χ3n) is 6.96. The molecule has 0 radical (unpaired) electrons. The van der Waals surface area contributed by atoms with Gasteiger partial charge in [-0.05, 0) is 41.1 Å². The maximum absolute atomic E-state index is 5.08. The van der Waals surface area contributed by atoms with Gasteiger partial charge < -0.3 is 4.57 Å². The number of rotatable bonds is 4. The molecule has 0 saturated heterocycles. The number of aromatic nitrogens is 1. The monoisotopic (exact) mass is 462 g/mol. The third kappa shape index (κ3) is 3.37. The third-order valence-corrected chi connectivity index (χ3v) is 6.96. The van der Waals surface area contributed by atoms with Crippen LogP contribution in [0.5, 0.6) is 0 Å². The lowest BCUT2D eigenvalue weighted by Crippen LogP contribution is -2.10. The summed E-state index contributed by atoms with van der Waals surface area (Å²) in [6.45, 7) is 0. The van der Waals surface area contributed by atoms with Gasteiger partial charge in [0.05, 0.1) is 17.5 Å². The highest BCUT2D eigenvalue weighted by Gasteiger charge is 2.30. The quantitative estimate of drug-likeness (QED) is 0.239. The molecule has 6 aromatic rings. The van der Waals surface area contributed by atoms with Gasteiger partial charge in [-0.15, -0.1) is 0 Å². The molecule has 7 rings (SSSR count). The van der Waals surface area contributed by atoms with E-state index in [1.54, 1.807) is 0 Å². The standard InChI is InChI=1S/C33H24N3/c1-3-11-24(12-4-1)30-23-33(25-13-5-2-6-14-25)36(34-30)27-21-19-26(20-22-27)35-31-17-9-7-15-28(31)29-16-8-10-18-32(29)35/h1-22H,23H2/q+1. The maximum Gasteiger partial charge on any atom is 0.238 e. The number of nitrogens with zero attached hydrogens (tertiary/aromatic N) is 3. The minimum atomic E-state index is 0.794. The van der Waals surface area contributed by atoms with Gasteiger partial charge in [0.2, 0.25) is 11.4 Å². The van der Waals surface area contributed by atoms with E-state index in [2.05, 4.69) is 137 Å². The number of hydrogen-bond donors (Lipinski definition) is 0. The zero-order valence-electron chi connectivity index (χ0n) is 19.8. The molecule has 0 saturated carbocycles. The van der Waals surface area contributed by atoms with Gasteiger partial charge in [0.1, 0.15) is 5.71 Å². The molecule has 3 nitrogen and oxygen atoms in total. The SMILES string of the molecule is c1ccc(C2=N[N+](c3ccc(-n4c5ccccc5c5ccccc54)cc3)=C(c3ccccc3)C2)cc1. The van der Waals surface area contributed by atoms with Crippen LogP contribution in [0.25, 0.3) is 27.5 Å². The minimum absolute atomic E-state index is 0.794. The summed E-state index contributed by atoms with van der Waals surface area (Å²) in [5.74, 6) is 0. The van der Waals surface area contributed by atoms with Gasteiger partial charge in [0, 0.05) is 44.8 Å². The highest BCUT2D eigenvalue weighted by atomic mass is 15.4. The maximum atomic E-state index is 5.08. The van der Waals surface area contributed by atoms with Crippen LogP contribution < -0.4 is 0 Å². The number of fused-ring (bicyclic) bond motifs is 3. The Morgan fingerprint density at radius 1 is 0.528 bits per heavy atom. The number of benzene rings is 5. The average Bonchev–Trinajstić information content (AvgIpc) is 3.55. The molecule has 1 aliphatic rings. The van der Waals surface area contributed by atoms with E-state index in [1.165, 1.54) is 33.1 Å². The second kappa shape index (κ2) is 8.47. The van der Waals surface area contributed by atoms with Crippen LogP contribution in [0.4, 0.5) is 5.69 Å². The highest BCUT2D eigenvalue weighted by Crippen LogP contribution is 2.32. The minimum Gasteiger partial charge on any atom is -0.309 e. The first kappa shape index (κ1) is 20.6. The van der Waals surface area contributed by atoms with Crippen LogP contribution >= 0.6 is 0 Å². The van der Waals surface area contributed by atoms with Crippen molar-refractivity contribution >= 4 is 38.9 Å². The van der Waals surface area contributed by atoms with Crippen molar-refractivity contribution in [2.75, 3.05) is 0 Å². The lowest BCUT2D eigenvalue weighted by Gasteiger charge is -2.07. The second-order valence-corrected chi connectivity index (χ2v) is 9.10. The Morgan fingerprint density at radius 3 is 1.67 bits per heavy atom. The normalized spacial score (nSPS) is 13.5. The van der Waals surface area contributed by atoms with Gasteiger partial charge in [0.25, 0.3) is 0 Å². The molecule has 0 N–H and O–H groups in total. The van der Waals surface area contributed by atoms with E-state index in [9.17, 15) is 0 Å². The van der Waals surface area contributed by atoms with Crippen molar-refractivity contribution in [2.45, 2.75) is 6.42 Å². The van der Waals surface area contributed by atoms with E-state index in [0.29, 0.717) is 0 Å². The fraction of sp³-hybridized carbons (Fsp3) is 0.0303.